The van der Waals surface area contributed by atoms with Crippen molar-refractivity contribution in [2.75, 3.05) is 17.7 Å². The van der Waals surface area contributed by atoms with Crippen molar-refractivity contribution in [1.29, 1.82) is 5.41 Å². The second-order valence-corrected chi connectivity index (χ2v) is 6.17. The Labute approximate surface area is 138 Å². The van der Waals surface area contributed by atoms with Crippen LogP contribution in [0.4, 0.5) is 17.2 Å². The molecule has 1 unspecified atom stereocenters. The highest BCUT2D eigenvalue weighted by atomic mass is 15.2. The number of anilines is 3. The first kappa shape index (κ1) is 17.0. The van der Waals surface area contributed by atoms with Crippen LogP contribution in [-0.4, -0.2) is 17.7 Å². The van der Waals surface area contributed by atoms with Crippen LogP contribution in [0.2, 0.25) is 0 Å². The van der Waals surface area contributed by atoms with Gasteiger partial charge in [0.2, 0.25) is 0 Å². The van der Waals surface area contributed by atoms with Gasteiger partial charge in [-0.1, -0.05) is 32.4 Å². The van der Waals surface area contributed by atoms with Crippen molar-refractivity contribution in [2.24, 2.45) is 5.92 Å². The first-order valence-corrected chi connectivity index (χ1v) is 8.06. The fourth-order valence-corrected chi connectivity index (χ4v) is 2.66. The summed E-state index contributed by atoms with van der Waals surface area (Å²) in [6, 6.07) is 10.2. The van der Waals surface area contributed by atoms with Crippen molar-refractivity contribution in [1.82, 2.24) is 4.98 Å². The predicted molar refractivity (Wildman–Crippen MR) is 98.8 cm³/mol. The maximum atomic E-state index is 7.99. The predicted octanol–water partition coefficient (Wildman–Crippen LogP) is 4.41. The van der Waals surface area contributed by atoms with Crippen LogP contribution in [0, 0.1) is 11.3 Å². The second-order valence-electron chi connectivity index (χ2n) is 6.17. The summed E-state index contributed by atoms with van der Waals surface area (Å²) in [7, 11) is 1.97. The number of benzene rings is 1. The Balaban J connectivity index is 2.38. The van der Waals surface area contributed by atoms with Crippen LogP contribution in [-0.2, 0) is 6.42 Å². The van der Waals surface area contributed by atoms with Gasteiger partial charge in [-0.25, -0.2) is 4.98 Å². The minimum atomic E-state index is 0.424. The zero-order chi connectivity index (χ0) is 17.0. The van der Waals surface area contributed by atoms with E-state index >= 15 is 0 Å². The molecule has 2 rings (SSSR count). The Hall–Kier alpha value is -2.36. The normalized spacial score (nSPS) is 12.0. The van der Waals surface area contributed by atoms with Gasteiger partial charge in [-0.15, -0.1) is 0 Å². The third-order valence-corrected chi connectivity index (χ3v) is 4.23. The molecule has 0 aliphatic carbocycles. The molecule has 4 heteroatoms. The maximum absolute atomic E-state index is 7.99. The van der Waals surface area contributed by atoms with Crippen LogP contribution in [0.15, 0.2) is 36.5 Å². The average molecular weight is 310 g/mol. The summed E-state index contributed by atoms with van der Waals surface area (Å²) in [6.07, 6.45) is 3.93. The van der Waals surface area contributed by atoms with E-state index in [4.69, 9.17) is 11.1 Å². The summed E-state index contributed by atoms with van der Waals surface area (Å²) in [5, 5.41) is 7.99. The Kier molecular flexibility index (Phi) is 5.37. The van der Waals surface area contributed by atoms with Crippen molar-refractivity contribution in [2.45, 2.75) is 33.6 Å². The Morgan fingerprint density at radius 1 is 1.35 bits per heavy atom. The first-order chi connectivity index (χ1) is 10.9. The molecule has 0 aliphatic rings. The number of nitrogens with zero attached hydrogens (tertiary/aromatic N) is 2. The Morgan fingerprint density at radius 2 is 2.09 bits per heavy atom. The van der Waals surface area contributed by atoms with Gasteiger partial charge in [0.05, 0.1) is 5.56 Å². The van der Waals surface area contributed by atoms with Crippen LogP contribution in [0.3, 0.4) is 0 Å². The molecule has 1 atom stereocenters. The van der Waals surface area contributed by atoms with Crippen molar-refractivity contribution in [3.05, 3.63) is 47.7 Å². The maximum Gasteiger partial charge on any atom is 0.143 e. The SMILES string of the molecule is CCC(C)Cc1cccc(N(C)c2nccc(N)c2C(C)=N)c1. The molecule has 0 amide bonds. The standard InChI is InChI=1S/C19H26N4/c1-5-13(2)11-15-7-6-8-16(12-15)23(4)19-18(14(3)20)17(21)9-10-22-19/h6-10,12-13,20H,5,11H2,1-4H3,(H2,21,22). The van der Waals surface area contributed by atoms with Gasteiger partial charge in [-0.3, -0.25) is 0 Å². The van der Waals surface area contributed by atoms with E-state index in [9.17, 15) is 0 Å². The van der Waals surface area contributed by atoms with Crippen molar-refractivity contribution in [3.8, 4) is 0 Å². The van der Waals surface area contributed by atoms with Crippen LogP contribution in [0.25, 0.3) is 0 Å². The van der Waals surface area contributed by atoms with Crippen LogP contribution in [0.5, 0.6) is 0 Å². The number of nitrogen functional groups attached to an aromatic ring is 1. The third kappa shape index (κ3) is 3.89. The smallest absolute Gasteiger partial charge is 0.143 e. The average Bonchev–Trinajstić information content (AvgIpc) is 2.53. The molecule has 1 heterocycles. The lowest BCUT2D eigenvalue weighted by Crippen LogP contribution is -2.16. The molecule has 1 aromatic carbocycles. The number of aromatic nitrogens is 1. The molecule has 0 aliphatic heterocycles. The monoisotopic (exact) mass is 310 g/mol. The van der Waals surface area contributed by atoms with E-state index in [1.807, 2.05) is 11.9 Å². The van der Waals surface area contributed by atoms with Gasteiger partial charge >= 0.3 is 0 Å². The molecular formula is C19H26N4. The molecule has 4 nitrogen and oxygen atoms in total. The second kappa shape index (κ2) is 7.27. The van der Waals surface area contributed by atoms with Crippen LogP contribution >= 0.6 is 0 Å². The zero-order valence-electron chi connectivity index (χ0n) is 14.4. The largest absolute Gasteiger partial charge is 0.398 e. The highest BCUT2D eigenvalue weighted by molar-refractivity contribution is 6.05. The highest BCUT2D eigenvalue weighted by Crippen LogP contribution is 2.29. The van der Waals surface area contributed by atoms with Gasteiger partial charge in [-0.05, 0) is 43.0 Å². The number of hydrogen-bond donors (Lipinski definition) is 2. The highest BCUT2D eigenvalue weighted by Gasteiger charge is 2.15. The van der Waals surface area contributed by atoms with Gasteiger partial charge in [0.25, 0.3) is 0 Å². The van der Waals surface area contributed by atoms with Crippen molar-refractivity contribution in [3.63, 3.8) is 0 Å². The molecule has 2 aromatic rings. The van der Waals surface area contributed by atoms with Gasteiger partial charge in [0, 0.05) is 30.3 Å². The fraction of sp³-hybridized carbons (Fsp3) is 0.368. The van der Waals surface area contributed by atoms with Crippen molar-refractivity contribution < 1.29 is 0 Å². The summed E-state index contributed by atoms with van der Waals surface area (Å²) >= 11 is 0. The quantitative estimate of drug-likeness (QED) is 0.777. The van der Waals surface area contributed by atoms with Gasteiger partial charge in [0.15, 0.2) is 0 Å². The minimum absolute atomic E-state index is 0.424. The number of hydrogen-bond acceptors (Lipinski definition) is 4. The topological polar surface area (TPSA) is 66.0 Å². The van der Waals surface area contributed by atoms with Gasteiger partial charge in [0.1, 0.15) is 5.82 Å². The van der Waals surface area contributed by atoms with Crippen molar-refractivity contribution >= 4 is 22.9 Å². The molecule has 0 radical (unpaired) electrons. The molecule has 23 heavy (non-hydrogen) atoms. The van der Waals surface area contributed by atoms with E-state index < -0.39 is 0 Å². The van der Waals surface area contributed by atoms with E-state index in [1.165, 1.54) is 12.0 Å². The lowest BCUT2D eigenvalue weighted by atomic mass is 9.98. The first-order valence-electron chi connectivity index (χ1n) is 8.06. The van der Waals surface area contributed by atoms with Crippen LogP contribution < -0.4 is 10.6 Å². The summed E-state index contributed by atoms with van der Waals surface area (Å²) in [5.74, 6) is 1.39. The lowest BCUT2D eigenvalue weighted by Gasteiger charge is -2.23. The number of nitrogens with two attached hydrogens (primary N) is 1. The molecule has 122 valence electrons. The number of rotatable bonds is 6. The molecule has 0 bridgehead atoms. The minimum Gasteiger partial charge on any atom is -0.398 e. The summed E-state index contributed by atoms with van der Waals surface area (Å²) in [6.45, 7) is 6.23. The Bertz CT molecular complexity index is 694. The summed E-state index contributed by atoms with van der Waals surface area (Å²) in [5.41, 5.74) is 10.1. The van der Waals surface area contributed by atoms with E-state index in [1.54, 1.807) is 19.2 Å². The molecule has 3 N–H and O–H groups in total. The number of nitrogens with one attached hydrogen (secondary N) is 1. The molecular weight excluding hydrogens is 284 g/mol. The summed E-state index contributed by atoms with van der Waals surface area (Å²) < 4.78 is 0. The summed E-state index contributed by atoms with van der Waals surface area (Å²) in [4.78, 5) is 6.45. The Morgan fingerprint density at radius 3 is 2.74 bits per heavy atom. The molecule has 0 saturated heterocycles. The van der Waals surface area contributed by atoms with Gasteiger partial charge < -0.3 is 16.0 Å². The van der Waals surface area contributed by atoms with E-state index in [-0.39, 0.29) is 0 Å². The van der Waals surface area contributed by atoms with E-state index in [2.05, 4.69) is 43.1 Å². The fourth-order valence-electron chi connectivity index (χ4n) is 2.66. The number of pyridine rings is 1. The molecule has 0 fully saturated rings. The third-order valence-electron chi connectivity index (χ3n) is 4.23. The van der Waals surface area contributed by atoms with E-state index in [0.717, 1.165) is 17.9 Å². The molecule has 1 aromatic heterocycles. The van der Waals surface area contributed by atoms with Crippen LogP contribution in [0.1, 0.15) is 38.3 Å². The van der Waals surface area contributed by atoms with E-state index in [0.29, 0.717) is 22.9 Å². The lowest BCUT2D eigenvalue weighted by molar-refractivity contribution is 0.560. The molecule has 0 saturated carbocycles. The van der Waals surface area contributed by atoms with Gasteiger partial charge in [-0.2, -0.15) is 0 Å². The molecule has 0 spiro atoms. The zero-order valence-corrected chi connectivity index (χ0v) is 14.4.